The lowest BCUT2D eigenvalue weighted by molar-refractivity contribution is 0.843. The Hall–Kier alpha value is -2.24. The normalized spacial score (nSPS) is 10.4. The zero-order valence-corrected chi connectivity index (χ0v) is 9.59. The molecule has 2 rings (SSSR count). The highest BCUT2D eigenvalue weighted by molar-refractivity contribution is 5.77. The van der Waals surface area contributed by atoms with Crippen LogP contribution in [-0.2, 0) is 0 Å². The molecule has 0 spiro atoms. The van der Waals surface area contributed by atoms with Gasteiger partial charge in [0, 0.05) is 20.0 Å². The standard InChI is InChI=1S/C11H14N6/c1-17(7-6-10(12)13)11-14-8-4-2-3-5-9(8)15-16-11/h2-5H,6-7H2,1H3,(H3,12,13). The van der Waals surface area contributed by atoms with Crippen LogP contribution < -0.4 is 10.6 Å². The molecule has 0 aliphatic carbocycles. The molecule has 0 atom stereocenters. The molecule has 2 aromatic rings. The molecule has 3 N–H and O–H groups in total. The summed E-state index contributed by atoms with van der Waals surface area (Å²) in [5, 5.41) is 15.3. The van der Waals surface area contributed by atoms with Crippen LogP contribution >= 0.6 is 0 Å². The van der Waals surface area contributed by atoms with Crippen LogP contribution in [0.5, 0.6) is 0 Å². The van der Waals surface area contributed by atoms with Crippen LogP contribution in [0.15, 0.2) is 24.3 Å². The van der Waals surface area contributed by atoms with E-state index in [4.69, 9.17) is 11.1 Å². The first-order valence-electron chi connectivity index (χ1n) is 5.30. The summed E-state index contributed by atoms with van der Waals surface area (Å²) in [5.41, 5.74) is 6.90. The fourth-order valence-electron chi connectivity index (χ4n) is 1.42. The molecule has 1 aromatic heterocycles. The number of benzene rings is 1. The molecule has 0 unspecified atom stereocenters. The Labute approximate surface area is 99.0 Å². The summed E-state index contributed by atoms with van der Waals surface area (Å²) in [4.78, 5) is 6.23. The zero-order valence-electron chi connectivity index (χ0n) is 9.59. The molecule has 1 aromatic carbocycles. The molecule has 17 heavy (non-hydrogen) atoms. The first-order valence-corrected chi connectivity index (χ1v) is 5.30. The molecule has 0 radical (unpaired) electrons. The predicted molar refractivity (Wildman–Crippen MR) is 67.1 cm³/mol. The van der Waals surface area contributed by atoms with Crippen molar-refractivity contribution in [2.75, 3.05) is 18.5 Å². The van der Waals surface area contributed by atoms with E-state index < -0.39 is 0 Å². The third-order valence-electron chi connectivity index (χ3n) is 2.41. The van der Waals surface area contributed by atoms with Gasteiger partial charge in [0.25, 0.3) is 0 Å². The van der Waals surface area contributed by atoms with Crippen LogP contribution in [0.2, 0.25) is 0 Å². The van der Waals surface area contributed by atoms with Crippen molar-refractivity contribution < 1.29 is 0 Å². The topological polar surface area (TPSA) is 91.8 Å². The molecule has 6 heteroatoms. The van der Waals surface area contributed by atoms with E-state index in [0.717, 1.165) is 11.0 Å². The van der Waals surface area contributed by atoms with Gasteiger partial charge < -0.3 is 10.6 Å². The Bertz CT molecular complexity index is 538. The van der Waals surface area contributed by atoms with Gasteiger partial charge in [0.05, 0.1) is 11.4 Å². The monoisotopic (exact) mass is 230 g/mol. The van der Waals surface area contributed by atoms with Crippen molar-refractivity contribution in [1.29, 1.82) is 5.41 Å². The van der Waals surface area contributed by atoms with E-state index in [-0.39, 0.29) is 5.84 Å². The predicted octanol–water partition coefficient (Wildman–Crippen LogP) is 0.787. The van der Waals surface area contributed by atoms with E-state index in [1.165, 1.54) is 0 Å². The summed E-state index contributed by atoms with van der Waals surface area (Å²) in [6.07, 6.45) is 0.493. The highest BCUT2D eigenvalue weighted by atomic mass is 15.3. The van der Waals surface area contributed by atoms with Crippen molar-refractivity contribution >= 4 is 22.8 Å². The number of fused-ring (bicyclic) bond motifs is 1. The minimum Gasteiger partial charge on any atom is -0.388 e. The second-order valence-electron chi connectivity index (χ2n) is 3.80. The number of para-hydroxylation sites is 1. The van der Waals surface area contributed by atoms with Crippen molar-refractivity contribution in [3.63, 3.8) is 0 Å². The molecular formula is C11H14N6. The highest BCUT2D eigenvalue weighted by Crippen LogP contribution is 2.11. The molecule has 0 saturated heterocycles. The summed E-state index contributed by atoms with van der Waals surface area (Å²) in [6, 6.07) is 7.58. The van der Waals surface area contributed by atoms with Gasteiger partial charge in [-0.1, -0.05) is 12.1 Å². The number of hydrogen-bond donors (Lipinski definition) is 2. The number of hydrogen-bond acceptors (Lipinski definition) is 5. The van der Waals surface area contributed by atoms with Crippen molar-refractivity contribution in [3.05, 3.63) is 24.3 Å². The van der Waals surface area contributed by atoms with Gasteiger partial charge >= 0.3 is 0 Å². The first kappa shape index (κ1) is 11.3. The van der Waals surface area contributed by atoms with Crippen LogP contribution in [-0.4, -0.2) is 34.6 Å². The molecule has 0 aliphatic heterocycles. The minimum atomic E-state index is 0.158. The van der Waals surface area contributed by atoms with Gasteiger partial charge in [-0.25, -0.2) is 4.98 Å². The van der Waals surface area contributed by atoms with Gasteiger partial charge in [-0.15, -0.1) is 10.2 Å². The molecule has 88 valence electrons. The fourth-order valence-corrected chi connectivity index (χ4v) is 1.42. The number of amidine groups is 1. The van der Waals surface area contributed by atoms with Crippen molar-refractivity contribution in [3.8, 4) is 0 Å². The summed E-state index contributed by atoms with van der Waals surface area (Å²) in [7, 11) is 1.86. The number of nitrogens with zero attached hydrogens (tertiary/aromatic N) is 4. The van der Waals surface area contributed by atoms with E-state index in [9.17, 15) is 0 Å². The molecule has 0 saturated carbocycles. The van der Waals surface area contributed by atoms with Gasteiger partial charge in [0.1, 0.15) is 5.52 Å². The van der Waals surface area contributed by atoms with Gasteiger partial charge in [0.2, 0.25) is 5.95 Å². The van der Waals surface area contributed by atoms with Crippen LogP contribution in [0, 0.1) is 5.41 Å². The van der Waals surface area contributed by atoms with Crippen molar-refractivity contribution in [2.45, 2.75) is 6.42 Å². The zero-order chi connectivity index (χ0) is 12.3. The van der Waals surface area contributed by atoms with E-state index >= 15 is 0 Å². The molecule has 0 amide bonds. The van der Waals surface area contributed by atoms with Crippen molar-refractivity contribution in [2.24, 2.45) is 5.73 Å². The lowest BCUT2D eigenvalue weighted by atomic mass is 10.3. The summed E-state index contributed by atoms with van der Waals surface area (Å²) in [6.45, 7) is 0.607. The molecule has 0 fully saturated rings. The second kappa shape index (κ2) is 4.73. The third-order valence-corrected chi connectivity index (χ3v) is 2.41. The molecule has 0 bridgehead atoms. The van der Waals surface area contributed by atoms with E-state index in [0.29, 0.717) is 18.9 Å². The van der Waals surface area contributed by atoms with E-state index in [2.05, 4.69) is 15.2 Å². The third kappa shape index (κ3) is 2.66. The lowest BCUT2D eigenvalue weighted by Gasteiger charge is -2.15. The molecule has 0 aliphatic rings. The minimum absolute atomic E-state index is 0.158. The number of nitrogens with two attached hydrogens (primary N) is 1. The second-order valence-corrected chi connectivity index (χ2v) is 3.80. The number of nitrogens with one attached hydrogen (secondary N) is 1. The van der Waals surface area contributed by atoms with Crippen LogP contribution in [0.1, 0.15) is 6.42 Å². The summed E-state index contributed by atoms with van der Waals surface area (Å²) < 4.78 is 0. The van der Waals surface area contributed by atoms with Crippen LogP contribution in [0.3, 0.4) is 0 Å². The van der Waals surface area contributed by atoms with Gasteiger partial charge in [-0.3, -0.25) is 5.41 Å². The molecule has 6 nitrogen and oxygen atoms in total. The number of anilines is 1. The number of rotatable bonds is 4. The highest BCUT2D eigenvalue weighted by Gasteiger charge is 2.06. The fraction of sp³-hybridized carbons (Fsp3) is 0.273. The largest absolute Gasteiger partial charge is 0.388 e. The molecular weight excluding hydrogens is 216 g/mol. The van der Waals surface area contributed by atoms with E-state index in [1.54, 1.807) is 0 Å². The van der Waals surface area contributed by atoms with Crippen molar-refractivity contribution in [1.82, 2.24) is 15.2 Å². The summed E-state index contributed by atoms with van der Waals surface area (Å²) in [5.74, 6) is 0.704. The maximum atomic E-state index is 7.18. The Kier molecular flexibility index (Phi) is 3.13. The Morgan fingerprint density at radius 2 is 2.00 bits per heavy atom. The smallest absolute Gasteiger partial charge is 0.245 e. The molecule has 1 heterocycles. The lowest BCUT2D eigenvalue weighted by Crippen LogP contribution is -2.25. The Morgan fingerprint density at radius 3 is 2.71 bits per heavy atom. The summed E-state index contributed by atoms with van der Waals surface area (Å²) >= 11 is 0. The first-order chi connectivity index (χ1) is 8.16. The maximum absolute atomic E-state index is 7.18. The Morgan fingerprint density at radius 1 is 1.29 bits per heavy atom. The SMILES string of the molecule is CN(CCC(=N)N)c1nnc2ccccc2n1. The van der Waals surface area contributed by atoms with E-state index in [1.807, 2.05) is 36.2 Å². The Balaban J connectivity index is 2.20. The quantitative estimate of drug-likeness (QED) is 0.598. The maximum Gasteiger partial charge on any atom is 0.245 e. The van der Waals surface area contributed by atoms with Crippen LogP contribution in [0.25, 0.3) is 11.0 Å². The van der Waals surface area contributed by atoms with Gasteiger partial charge in [-0.05, 0) is 12.1 Å². The van der Waals surface area contributed by atoms with Gasteiger partial charge in [-0.2, -0.15) is 0 Å². The van der Waals surface area contributed by atoms with Gasteiger partial charge in [0.15, 0.2) is 0 Å². The number of aromatic nitrogens is 3. The van der Waals surface area contributed by atoms with Crippen LogP contribution in [0.4, 0.5) is 5.95 Å². The average molecular weight is 230 g/mol. The average Bonchev–Trinajstić information content (AvgIpc) is 2.35.